The van der Waals surface area contributed by atoms with Crippen LogP contribution in [-0.2, 0) is 11.3 Å². The highest BCUT2D eigenvalue weighted by molar-refractivity contribution is 5.78. The van der Waals surface area contributed by atoms with Crippen LogP contribution in [0.2, 0.25) is 0 Å². The average Bonchev–Trinajstić information content (AvgIpc) is 3.55. The predicted octanol–water partition coefficient (Wildman–Crippen LogP) is 4.55. The third-order valence-electron chi connectivity index (χ3n) is 6.34. The molecule has 0 aliphatic carbocycles. The average molecular weight is 534 g/mol. The van der Waals surface area contributed by atoms with Crippen molar-refractivity contribution in [2.24, 2.45) is 5.92 Å². The Balaban J connectivity index is 1.52. The molecule has 5 rings (SSSR count). The molecule has 4 aromatic rings. The van der Waals surface area contributed by atoms with Gasteiger partial charge in [-0.3, -0.25) is 4.68 Å². The Labute approximate surface area is 211 Å². The van der Waals surface area contributed by atoms with Crippen molar-refractivity contribution in [1.82, 2.24) is 24.9 Å². The molecule has 2 atom stereocenters. The van der Waals surface area contributed by atoms with Gasteiger partial charge in [0.1, 0.15) is 29.5 Å². The van der Waals surface area contributed by atoms with Gasteiger partial charge in [-0.05, 0) is 25.0 Å². The van der Waals surface area contributed by atoms with E-state index in [0.717, 1.165) is 11.1 Å². The Bertz CT molecular complexity index is 1460. The van der Waals surface area contributed by atoms with Gasteiger partial charge in [0.05, 0.1) is 24.4 Å². The number of carboxylic acids is 1. The molecule has 0 saturated carbocycles. The zero-order chi connectivity index (χ0) is 27.0. The first-order valence-electron chi connectivity index (χ1n) is 11.4. The van der Waals surface area contributed by atoms with Gasteiger partial charge in [-0.1, -0.05) is 23.4 Å². The van der Waals surface area contributed by atoms with Crippen LogP contribution in [0.25, 0.3) is 22.9 Å². The second-order valence-corrected chi connectivity index (χ2v) is 8.72. The van der Waals surface area contributed by atoms with Crippen LogP contribution in [0.5, 0.6) is 0 Å². The molecule has 1 aliphatic heterocycles. The highest BCUT2D eigenvalue weighted by atomic mass is 19.4. The number of carbonyl (C=O) groups is 1. The number of alkyl halides is 3. The molecule has 1 aliphatic rings. The first kappa shape index (κ1) is 25.3. The van der Waals surface area contributed by atoms with Crippen molar-refractivity contribution in [3.05, 3.63) is 66.1 Å². The van der Waals surface area contributed by atoms with Gasteiger partial charge in [0, 0.05) is 18.2 Å². The number of aromatic nitrogens is 5. The zero-order valence-electron chi connectivity index (χ0n) is 19.4. The van der Waals surface area contributed by atoms with Crippen molar-refractivity contribution in [2.45, 2.75) is 31.6 Å². The summed E-state index contributed by atoms with van der Waals surface area (Å²) in [6.07, 6.45) is -3.60. The fourth-order valence-corrected chi connectivity index (χ4v) is 4.42. The monoisotopic (exact) mass is 534 g/mol. The molecule has 0 bridgehead atoms. The quantitative estimate of drug-likeness (QED) is 0.359. The lowest BCUT2D eigenvalue weighted by Gasteiger charge is -2.38. The van der Waals surface area contributed by atoms with Crippen LogP contribution in [-0.4, -0.2) is 54.7 Å². The maximum atomic E-state index is 14.8. The summed E-state index contributed by atoms with van der Waals surface area (Å²) in [6, 6.07) is 7.50. The van der Waals surface area contributed by atoms with E-state index in [-0.39, 0.29) is 24.6 Å². The van der Waals surface area contributed by atoms with Crippen molar-refractivity contribution < 1.29 is 36.4 Å². The van der Waals surface area contributed by atoms with Gasteiger partial charge in [-0.25, -0.2) is 23.5 Å². The summed E-state index contributed by atoms with van der Waals surface area (Å²) in [5, 5.41) is 17.9. The molecule has 1 fully saturated rings. The molecule has 4 heterocycles. The number of anilines is 1. The molecule has 1 N–H and O–H groups in total. The number of benzene rings is 1. The van der Waals surface area contributed by atoms with Gasteiger partial charge in [0.15, 0.2) is 17.5 Å². The summed E-state index contributed by atoms with van der Waals surface area (Å²) >= 11 is 0. The van der Waals surface area contributed by atoms with Gasteiger partial charge in [-0.2, -0.15) is 18.3 Å². The van der Waals surface area contributed by atoms with Gasteiger partial charge >= 0.3 is 12.1 Å². The summed E-state index contributed by atoms with van der Waals surface area (Å²) in [4.78, 5) is 20.9. The largest absolute Gasteiger partial charge is 0.480 e. The van der Waals surface area contributed by atoms with Crippen LogP contribution >= 0.6 is 0 Å². The zero-order valence-corrected chi connectivity index (χ0v) is 19.4. The molecular formula is C24H19F5N6O3. The Morgan fingerprint density at radius 2 is 1.92 bits per heavy atom. The predicted molar refractivity (Wildman–Crippen MR) is 122 cm³/mol. The molecule has 1 saturated heterocycles. The summed E-state index contributed by atoms with van der Waals surface area (Å²) in [6.45, 7) is -0.380. The highest BCUT2D eigenvalue weighted by Crippen LogP contribution is 2.38. The summed E-state index contributed by atoms with van der Waals surface area (Å²) in [7, 11) is 0. The van der Waals surface area contributed by atoms with E-state index in [4.69, 9.17) is 4.52 Å². The van der Waals surface area contributed by atoms with Crippen LogP contribution in [0.3, 0.4) is 0 Å². The highest BCUT2D eigenvalue weighted by Gasteiger charge is 2.47. The number of hydrogen-bond acceptors (Lipinski definition) is 7. The van der Waals surface area contributed by atoms with E-state index in [1.54, 1.807) is 24.3 Å². The van der Waals surface area contributed by atoms with E-state index >= 15 is 0 Å². The maximum absolute atomic E-state index is 14.8. The van der Waals surface area contributed by atoms with Crippen molar-refractivity contribution in [3.63, 3.8) is 0 Å². The fraction of sp³-hybridized carbons (Fsp3) is 0.292. The molecule has 9 nitrogen and oxygen atoms in total. The van der Waals surface area contributed by atoms with Crippen LogP contribution in [0.4, 0.5) is 27.8 Å². The lowest BCUT2D eigenvalue weighted by molar-refractivity contribution is -0.183. The number of nitrogens with zero attached hydrogens (tertiary/aromatic N) is 6. The Hall–Kier alpha value is -4.36. The molecule has 0 spiro atoms. The molecule has 0 radical (unpaired) electrons. The van der Waals surface area contributed by atoms with Crippen molar-refractivity contribution in [2.75, 3.05) is 11.4 Å². The van der Waals surface area contributed by atoms with E-state index in [1.807, 2.05) is 0 Å². The second-order valence-electron chi connectivity index (χ2n) is 8.72. The third kappa shape index (κ3) is 4.93. The standard InChI is InChI=1S/C24H19F5N6O3/c25-15-4-2-1-3-13(15)12-35-19(17-6-8-38-33-17)10-18(32-35)21-30-11-16(26)22(31-21)34-7-5-14(24(27,28)29)9-20(34)23(36)37/h1-4,6,8,10-11,14,20H,5,7,9,12H2,(H,36,37). The Morgan fingerprint density at radius 1 is 1.13 bits per heavy atom. The first-order valence-corrected chi connectivity index (χ1v) is 11.4. The van der Waals surface area contributed by atoms with E-state index in [2.05, 4.69) is 20.2 Å². The van der Waals surface area contributed by atoms with E-state index < -0.39 is 54.4 Å². The SMILES string of the molecule is O=C(O)C1CC(C(F)(F)F)CCN1c1nc(-c2cc(-c3ccon3)n(Cc3ccccc3F)n2)ncc1F. The number of hydrogen-bond donors (Lipinski definition) is 1. The molecule has 198 valence electrons. The molecule has 2 unspecified atom stereocenters. The van der Waals surface area contributed by atoms with Crippen LogP contribution in [0.1, 0.15) is 18.4 Å². The molecule has 38 heavy (non-hydrogen) atoms. The summed E-state index contributed by atoms with van der Waals surface area (Å²) < 4.78 is 75.2. The Kier molecular flexibility index (Phi) is 6.55. The third-order valence-corrected chi connectivity index (χ3v) is 6.34. The topological polar surface area (TPSA) is 110 Å². The van der Waals surface area contributed by atoms with E-state index in [9.17, 15) is 31.9 Å². The van der Waals surface area contributed by atoms with Gasteiger partial charge in [0.2, 0.25) is 0 Å². The minimum Gasteiger partial charge on any atom is -0.480 e. The summed E-state index contributed by atoms with van der Waals surface area (Å²) in [5.41, 5.74) is 1.21. The second kappa shape index (κ2) is 9.84. The van der Waals surface area contributed by atoms with Gasteiger partial charge < -0.3 is 14.5 Å². The summed E-state index contributed by atoms with van der Waals surface area (Å²) in [5.74, 6) is -5.37. The number of carboxylic acid groups (broad SMARTS) is 1. The van der Waals surface area contributed by atoms with Crippen molar-refractivity contribution >= 4 is 11.8 Å². The molecule has 0 amide bonds. The lowest BCUT2D eigenvalue weighted by atomic mass is 9.90. The molecule has 1 aromatic carbocycles. The smallest absolute Gasteiger partial charge is 0.391 e. The van der Waals surface area contributed by atoms with Crippen LogP contribution in [0.15, 0.2) is 53.4 Å². The maximum Gasteiger partial charge on any atom is 0.391 e. The van der Waals surface area contributed by atoms with Gasteiger partial charge in [-0.15, -0.1) is 0 Å². The van der Waals surface area contributed by atoms with Crippen molar-refractivity contribution in [3.8, 4) is 22.9 Å². The van der Waals surface area contributed by atoms with Crippen LogP contribution < -0.4 is 4.90 Å². The number of aliphatic carboxylic acids is 1. The first-order chi connectivity index (χ1) is 18.1. The van der Waals surface area contributed by atoms with Crippen LogP contribution in [0, 0.1) is 17.6 Å². The number of rotatable bonds is 6. The van der Waals surface area contributed by atoms with Crippen molar-refractivity contribution in [1.29, 1.82) is 0 Å². The normalized spacial score (nSPS) is 18.1. The number of halogens is 5. The minimum atomic E-state index is -4.57. The van der Waals surface area contributed by atoms with E-state index in [0.29, 0.717) is 17.0 Å². The molecular weight excluding hydrogens is 515 g/mol. The Morgan fingerprint density at radius 3 is 2.61 bits per heavy atom. The molecule has 3 aromatic heterocycles. The van der Waals surface area contributed by atoms with Gasteiger partial charge in [0.25, 0.3) is 0 Å². The van der Waals surface area contributed by atoms with E-state index in [1.165, 1.54) is 23.1 Å². The lowest BCUT2D eigenvalue weighted by Crippen LogP contribution is -2.50. The molecule has 14 heteroatoms. The fourth-order valence-electron chi connectivity index (χ4n) is 4.42. The number of piperidine rings is 1. The minimum absolute atomic E-state index is 0.00500.